The first kappa shape index (κ1) is 24.9. The molecule has 3 heterocycles. The number of hydrogen-bond acceptors (Lipinski definition) is 6. The summed E-state index contributed by atoms with van der Waals surface area (Å²) in [7, 11) is 0. The van der Waals surface area contributed by atoms with Gasteiger partial charge in [0.1, 0.15) is 11.5 Å². The van der Waals surface area contributed by atoms with E-state index in [0.717, 1.165) is 23.6 Å². The smallest absolute Gasteiger partial charge is 0.332 e. The molecule has 38 heavy (non-hydrogen) atoms. The first-order valence-electron chi connectivity index (χ1n) is 10.8. The molecule has 5 aromatic rings. The topological polar surface area (TPSA) is 125 Å². The Morgan fingerprint density at radius 3 is 2.66 bits per heavy atom. The molecule has 0 saturated heterocycles. The molecule has 0 aliphatic heterocycles. The molecule has 3 N–H and O–H groups in total. The number of amides is 1. The van der Waals surface area contributed by atoms with E-state index in [1.54, 1.807) is 35.0 Å². The molecular formula is C25H15F4N7OS-2. The van der Waals surface area contributed by atoms with E-state index in [9.17, 15) is 18.0 Å². The summed E-state index contributed by atoms with van der Waals surface area (Å²) >= 11 is 0.887. The molecule has 192 valence electrons. The minimum atomic E-state index is -4.72. The van der Waals surface area contributed by atoms with Crippen LogP contribution in [0.1, 0.15) is 15.9 Å². The molecule has 0 aliphatic carbocycles. The highest BCUT2D eigenvalue weighted by Crippen LogP contribution is 2.38. The third kappa shape index (κ3) is 4.91. The second kappa shape index (κ2) is 9.59. The van der Waals surface area contributed by atoms with Gasteiger partial charge in [0, 0.05) is 45.1 Å². The van der Waals surface area contributed by atoms with Gasteiger partial charge in [-0.2, -0.15) is 13.2 Å². The number of allylic oxidation sites excluding steroid dienone is 1. The Morgan fingerprint density at radius 2 is 1.95 bits per heavy atom. The first-order valence-corrected chi connectivity index (χ1v) is 11.6. The number of fused-ring (bicyclic) bond motifs is 2. The Hall–Kier alpha value is -4.78. The summed E-state index contributed by atoms with van der Waals surface area (Å²) in [6.07, 6.45) is 0.965. The maximum Gasteiger partial charge on any atom is 0.332 e. The van der Waals surface area contributed by atoms with Crippen LogP contribution < -0.4 is 5.73 Å². The van der Waals surface area contributed by atoms with Crippen molar-refractivity contribution in [2.24, 2.45) is 5.73 Å². The van der Waals surface area contributed by atoms with Crippen LogP contribution in [-0.2, 0) is 0 Å². The van der Waals surface area contributed by atoms with E-state index in [4.69, 9.17) is 11.1 Å². The van der Waals surface area contributed by atoms with Crippen molar-refractivity contribution in [3.05, 3.63) is 94.7 Å². The lowest BCUT2D eigenvalue weighted by molar-refractivity contribution is -0.0874. The number of benzene rings is 2. The van der Waals surface area contributed by atoms with Gasteiger partial charge in [0.2, 0.25) is 0 Å². The van der Waals surface area contributed by atoms with E-state index in [1.807, 2.05) is 0 Å². The average molecular weight is 538 g/mol. The molecule has 5 rings (SSSR count). The third-order valence-electron chi connectivity index (χ3n) is 5.48. The lowest BCUT2D eigenvalue weighted by Gasteiger charge is -2.24. The Labute approximate surface area is 216 Å². The van der Waals surface area contributed by atoms with Gasteiger partial charge in [-0.25, -0.2) is 9.37 Å². The predicted molar refractivity (Wildman–Crippen MR) is 138 cm³/mol. The highest BCUT2D eigenvalue weighted by molar-refractivity contribution is 7.22. The van der Waals surface area contributed by atoms with Crippen molar-refractivity contribution in [3.63, 3.8) is 0 Å². The summed E-state index contributed by atoms with van der Waals surface area (Å²) in [4.78, 5) is 21.1. The van der Waals surface area contributed by atoms with E-state index >= 15 is 4.39 Å². The Morgan fingerprint density at radius 1 is 1.13 bits per heavy atom. The quantitative estimate of drug-likeness (QED) is 0.136. The largest absolute Gasteiger partial charge is 0.596 e. The normalized spacial score (nSPS) is 12.2. The molecule has 0 saturated carbocycles. The van der Waals surface area contributed by atoms with Crippen molar-refractivity contribution in [1.82, 2.24) is 14.4 Å². The van der Waals surface area contributed by atoms with Gasteiger partial charge < -0.3 is 26.8 Å². The minimum absolute atomic E-state index is 0.0260. The van der Waals surface area contributed by atoms with Gasteiger partial charge in [0.15, 0.2) is 5.91 Å². The number of pyridine rings is 1. The summed E-state index contributed by atoms with van der Waals surface area (Å²) < 4.78 is 54.6. The summed E-state index contributed by atoms with van der Waals surface area (Å²) in [5, 5.41) is 14.0. The molecule has 0 spiro atoms. The zero-order valence-electron chi connectivity index (χ0n) is 19.1. The maximum atomic E-state index is 15.0. The molecular weight excluding hydrogens is 522 g/mol. The zero-order chi connectivity index (χ0) is 27.0. The molecule has 0 bridgehead atoms. The van der Waals surface area contributed by atoms with Crippen LogP contribution in [0.15, 0.2) is 67.1 Å². The van der Waals surface area contributed by atoms with Gasteiger partial charge >= 0.3 is 6.30 Å². The van der Waals surface area contributed by atoms with Gasteiger partial charge in [0.05, 0.1) is 17.5 Å². The summed E-state index contributed by atoms with van der Waals surface area (Å²) in [5.74, 6) is -1.71. The Balaban J connectivity index is 1.39. The zero-order valence-corrected chi connectivity index (χ0v) is 19.9. The van der Waals surface area contributed by atoms with E-state index in [1.165, 1.54) is 30.5 Å². The number of aromatic nitrogens is 3. The van der Waals surface area contributed by atoms with Crippen molar-refractivity contribution in [2.45, 2.75) is 6.30 Å². The molecule has 2 aromatic carbocycles. The van der Waals surface area contributed by atoms with Gasteiger partial charge in [-0.1, -0.05) is 24.3 Å². The fourth-order valence-electron chi connectivity index (χ4n) is 3.75. The molecule has 0 radical (unpaired) electrons. The molecule has 13 heteroatoms. The molecule has 0 fully saturated rings. The van der Waals surface area contributed by atoms with Crippen molar-refractivity contribution >= 4 is 55.7 Å². The third-order valence-corrected chi connectivity index (χ3v) is 6.40. The van der Waals surface area contributed by atoms with Gasteiger partial charge in [-0.3, -0.25) is 9.20 Å². The van der Waals surface area contributed by atoms with Crippen LogP contribution in [0, 0.1) is 11.2 Å². The number of carbonyl (C=O) groups is 1. The highest BCUT2D eigenvalue weighted by Gasteiger charge is 2.15. The Kier molecular flexibility index (Phi) is 6.28. The predicted octanol–water partition coefficient (Wildman–Crippen LogP) is 7.07. The number of nitrogens with one attached hydrogen (secondary N) is 1. The van der Waals surface area contributed by atoms with Crippen LogP contribution in [0.25, 0.3) is 43.3 Å². The van der Waals surface area contributed by atoms with Gasteiger partial charge in [-0.05, 0) is 29.8 Å². The van der Waals surface area contributed by atoms with Crippen molar-refractivity contribution in [2.75, 3.05) is 0 Å². The van der Waals surface area contributed by atoms with Crippen LogP contribution in [0.4, 0.5) is 28.4 Å². The second-order valence-electron chi connectivity index (χ2n) is 7.90. The van der Waals surface area contributed by atoms with Gasteiger partial charge in [0.25, 0.3) is 0 Å². The first-order chi connectivity index (χ1) is 18.1. The van der Waals surface area contributed by atoms with Crippen molar-refractivity contribution < 1.29 is 22.4 Å². The fourth-order valence-corrected chi connectivity index (χ4v) is 4.62. The minimum Gasteiger partial charge on any atom is -0.596 e. The van der Waals surface area contributed by atoms with E-state index in [-0.39, 0.29) is 16.4 Å². The highest BCUT2D eigenvalue weighted by atomic mass is 32.1. The molecule has 8 nitrogen and oxygen atoms in total. The molecule has 3 aromatic heterocycles. The average Bonchev–Trinajstić information content (AvgIpc) is 3.46. The van der Waals surface area contributed by atoms with Gasteiger partial charge in [-0.15, -0.1) is 17.0 Å². The lowest BCUT2D eigenvalue weighted by atomic mass is 10.1. The number of carbonyl (C=O) groups excluding carboxylic acids is 1. The molecule has 1 amide bonds. The SMILES string of the molecule is N=C/C(=C\N)c1ccc2ncc(-c3ccc(C(=O)[N-]c4nc5ccc([N-]C(F)(F)F)cc5s4)c(F)c3)n2c1. The van der Waals surface area contributed by atoms with Crippen LogP contribution in [0.2, 0.25) is 0 Å². The lowest BCUT2D eigenvalue weighted by Crippen LogP contribution is -2.02. The van der Waals surface area contributed by atoms with Crippen LogP contribution in [0.3, 0.4) is 0 Å². The van der Waals surface area contributed by atoms with Crippen LogP contribution in [0.5, 0.6) is 0 Å². The van der Waals surface area contributed by atoms with Crippen LogP contribution >= 0.6 is 11.3 Å². The number of hydrogen-bond donors (Lipinski definition) is 2. The monoisotopic (exact) mass is 537 g/mol. The van der Waals surface area contributed by atoms with Crippen molar-refractivity contribution in [1.29, 1.82) is 5.41 Å². The number of halogens is 4. The summed E-state index contributed by atoms with van der Waals surface area (Å²) in [6.45, 7) is 0. The summed E-state index contributed by atoms with van der Waals surface area (Å²) in [6, 6.07) is 11.2. The number of nitrogens with two attached hydrogens (primary N) is 1. The number of thiazole rings is 1. The second-order valence-corrected chi connectivity index (χ2v) is 8.90. The van der Waals surface area contributed by atoms with E-state index in [0.29, 0.717) is 38.3 Å². The standard InChI is InChI=1S/C25H16F4N7OS/c26-18-7-13(20-11-32-22-6-2-14(12-36(20)22)15(9-30)10-31)1-4-17(18)23(37)34-24-33-19-5-3-16(8-21(19)38-24)35-25(27,28)29/h1-12H,(H4,30,31,33,34,37)/q-1/p-1. The fraction of sp³-hybridized carbons (Fsp3) is 0.0400. The number of alkyl halides is 3. The van der Waals surface area contributed by atoms with E-state index in [2.05, 4.69) is 20.6 Å². The molecule has 0 unspecified atom stereocenters. The molecule has 0 aliphatic rings. The number of imidazole rings is 1. The maximum absolute atomic E-state index is 15.0. The molecule has 0 atom stereocenters. The van der Waals surface area contributed by atoms with E-state index < -0.39 is 18.0 Å². The van der Waals surface area contributed by atoms with Crippen molar-refractivity contribution in [3.8, 4) is 11.3 Å². The van der Waals surface area contributed by atoms with Crippen LogP contribution in [-0.4, -0.2) is 32.8 Å². The number of rotatable bonds is 6. The summed E-state index contributed by atoms with van der Waals surface area (Å²) in [5.41, 5.74) is 8.03. The Bertz CT molecular complexity index is 1740. The number of nitrogens with zero attached hydrogens (tertiary/aromatic N) is 5.